The van der Waals surface area contributed by atoms with Gasteiger partial charge in [0.1, 0.15) is 50.4 Å². The molecule has 106 heavy (non-hydrogen) atoms. The standard InChI is InChI=1S/C73H106FN9O23/c1-7-73(92)55-40-60-66-53(42-83(60)70(89)54(55)44-105-71(73)90)64-57(16-15-52-48(4)56(74)41-59(80-66)63(52)64)81-72(91)106-43-50-11-13-51(14-12-50)78-67(86)49(5)77-69(88)65(47(2)3)82-68(87)58(79-62(85)46-104-39-37-102-34-32-96-23-22-94-19-17-75)10-8-9-18-76-61(84)45-103-38-36-101-35-33-100-31-30-99-29-28-98-27-26-97-25-24-95-21-20-93-6/h11-14,40-41,47,49,57-58,65,92H,7-10,15-39,42-46,75H2,1-6H3,(H,76,84)(H,77,88)(H,78,86)(H,79,85)(H,81,91)(H,82,87)/t49-,57-,58-,65-,73-/m0/s1. The van der Waals surface area contributed by atoms with Gasteiger partial charge in [-0.05, 0) is 98.7 Å². The summed E-state index contributed by atoms with van der Waals surface area (Å²) in [5.74, 6) is -4.67. The molecule has 4 heterocycles. The number of esters is 1. The number of nitrogens with two attached hydrogens (primary N) is 1. The highest BCUT2D eigenvalue weighted by Gasteiger charge is 2.46. The summed E-state index contributed by atoms with van der Waals surface area (Å²) >= 11 is 0. The molecule has 0 spiro atoms. The van der Waals surface area contributed by atoms with Gasteiger partial charge in [0.25, 0.3) is 5.56 Å². The Kier molecular flexibility index (Phi) is 37.0. The zero-order chi connectivity index (χ0) is 76.2. The minimum atomic E-state index is -2.06. The van der Waals surface area contributed by atoms with Crippen LogP contribution < -0.4 is 43.2 Å². The van der Waals surface area contributed by atoms with Gasteiger partial charge in [0, 0.05) is 48.5 Å². The second-order valence-corrected chi connectivity index (χ2v) is 25.6. The second kappa shape index (κ2) is 45.8. The van der Waals surface area contributed by atoms with E-state index in [0.717, 1.165) is 5.56 Å². The Balaban J connectivity index is 0.828. The van der Waals surface area contributed by atoms with Gasteiger partial charge >= 0.3 is 12.1 Å². The zero-order valence-corrected chi connectivity index (χ0v) is 61.7. The number of amides is 6. The average Bonchev–Trinajstić information content (AvgIpc) is 1.51. The molecule has 2 aromatic heterocycles. The molecule has 32 nitrogen and oxygen atoms in total. The van der Waals surface area contributed by atoms with Crippen molar-refractivity contribution in [3.8, 4) is 11.4 Å². The van der Waals surface area contributed by atoms with Crippen molar-refractivity contribution in [1.82, 2.24) is 36.1 Å². The van der Waals surface area contributed by atoms with Gasteiger partial charge in [-0.2, -0.15) is 0 Å². The molecule has 2 aromatic carbocycles. The number of nitrogens with one attached hydrogen (secondary N) is 6. The van der Waals surface area contributed by atoms with Crippen LogP contribution in [0.15, 0.2) is 41.2 Å². The maximum atomic E-state index is 15.5. The van der Waals surface area contributed by atoms with Crippen LogP contribution in [0, 0.1) is 18.7 Å². The molecule has 0 fully saturated rings. The van der Waals surface area contributed by atoms with Gasteiger partial charge in [-0.15, -0.1) is 0 Å². The zero-order valence-electron chi connectivity index (χ0n) is 61.7. The number of carbonyl (C=O) groups is 7. The van der Waals surface area contributed by atoms with Gasteiger partial charge in [0.2, 0.25) is 29.5 Å². The molecule has 3 aliphatic rings. The number of hydrogen-bond acceptors (Lipinski definition) is 25. The number of nitrogens with zero attached hydrogens (tertiary/aromatic N) is 2. The predicted molar refractivity (Wildman–Crippen MR) is 382 cm³/mol. The van der Waals surface area contributed by atoms with Crippen molar-refractivity contribution in [3.63, 3.8) is 0 Å². The minimum Gasteiger partial charge on any atom is -0.458 e. The Morgan fingerprint density at radius 1 is 0.689 bits per heavy atom. The number of fused-ring (bicyclic) bond motifs is 5. The van der Waals surface area contributed by atoms with E-state index in [0.29, 0.717) is 188 Å². The van der Waals surface area contributed by atoms with Gasteiger partial charge in [-0.1, -0.05) is 32.9 Å². The summed E-state index contributed by atoms with van der Waals surface area (Å²) in [6.45, 7) is 15.7. The fraction of sp³-hybridized carbons (Fsp3) is 0.630. The SMILES string of the molecule is CC[C@@]1(O)C(=O)OCc2c1cc1n(c2=O)Cc2c-1nc1cc(F)c(C)c3c1c2[C@@H](NC(=O)OCc1ccc(NC(=O)[C@H](C)NC(=O)[C@@H](NC(=O)[C@H](CCCCNC(=O)COCCOCCOCCOCCOCCOCCOCCOC)NC(=O)COCCOCCOCCOCCN)C(C)C)cc1)CC3. The number of cyclic esters (lactones) is 1. The molecule has 6 amide bonds. The first-order chi connectivity index (χ1) is 51.3. The number of aliphatic hydroxyl groups is 1. The van der Waals surface area contributed by atoms with E-state index in [-0.39, 0.29) is 95.8 Å². The van der Waals surface area contributed by atoms with Crippen LogP contribution in [0.2, 0.25) is 0 Å². The van der Waals surface area contributed by atoms with Crippen molar-refractivity contribution >= 4 is 58.2 Å². The Hall–Kier alpha value is -7.74. The number of pyridine rings is 2. The van der Waals surface area contributed by atoms with Crippen molar-refractivity contribution in [2.75, 3.05) is 177 Å². The van der Waals surface area contributed by atoms with Gasteiger partial charge in [0.15, 0.2) is 5.60 Å². The van der Waals surface area contributed by atoms with E-state index in [9.17, 15) is 43.5 Å². The molecule has 5 atom stereocenters. The van der Waals surface area contributed by atoms with Gasteiger partial charge in [-0.25, -0.2) is 19.0 Å². The van der Waals surface area contributed by atoms with Gasteiger partial charge in [-0.3, -0.25) is 28.8 Å². The summed E-state index contributed by atoms with van der Waals surface area (Å²) in [6, 6.07) is 5.36. The lowest BCUT2D eigenvalue weighted by molar-refractivity contribution is -0.172. The topological polar surface area (TPSA) is 402 Å². The summed E-state index contributed by atoms with van der Waals surface area (Å²) in [7, 11) is 1.62. The van der Waals surface area contributed by atoms with E-state index in [1.165, 1.54) is 17.6 Å². The maximum Gasteiger partial charge on any atom is 0.407 e. The number of carbonyl (C=O) groups excluding carboxylic acids is 7. The summed E-state index contributed by atoms with van der Waals surface area (Å²) < 4.78 is 92.8. The number of benzene rings is 2. The van der Waals surface area contributed by atoms with Crippen LogP contribution in [0.4, 0.5) is 14.9 Å². The molecule has 33 heteroatoms. The number of unbranched alkanes of at least 4 members (excludes halogenated alkanes) is 1. The van der Waals surface area contributed by atoms with Crippen LogP contribution in [0.3, 0.4) is 0 Å². The number of aromatic nitrogens is 2. The predicted octanol–water partition coefficient (Wildman–Crippen LogP) is 2.58. The number of methoxy groups -OCH3 is 1. The molecule has 0 unspecified atom stereocenters. The summed E-state index contributed by atoms with van der Waals surface area (Å²) in [5.41, 5.74) is 7.57. The second-order valence-electron chi connectivity index (χ2n) is 25.6. The number of anilines is 1. The Labute approximate surface area is 616 Å². The lowest BCUT2D eigenvalue weighted by atomic mass is 9.81. The number of hydrogen-bond donors (Lipinski definition) is 8. The summed E-state index contributed by atoms with van der Waals surface area (Å²) in [5, 5.41) is 28.8. The minimum absolute atomic E-state index is 0.0486. The Bertz CT molecular complexity index is 3550. The van der Waals surface area contributed by atoms with E-state index >= 15 is 4.39 Å². The highest BCUT2D eigenvalue weighted by atomic mass is 19.1. The fourth-order valence-electron chi connectivity index (χ4n) is 11.9. The number of halogens is 1. The first-order valence-corrected chi connectivity index (χ1v) is 36.2. The normalized spacial score (nSPS) is 15.8. The van der Waals surface area contributed by atoms with Crippen molar-refractivity contribution in [3.05, 3.63) is 91.5 Å². The molecule has 0 saturated carbocycles. The quantitative estimate of drug-likeness (QED) is 0.0205. The van der Waals surface area contributed by atoms with Crippen molar-refractivity contribution in [1.29, 1.82) is 0 Å². The number of aryl methyl sites for hydroxylation is 1. The smallest absolute Gasteiger partial charge is 0.407 e. The summed E-state index contributed by atoms with van der Waals surface area (Å²) in [6.07, 6.45) is 0.875. The van der Waals surface area contributed by atoms with Crippen LogP contribution in [0.1, 0.15) is 105 Å². The molecule has 1 aliphatic carbocycles. The number of rotatable bonds is 53. The van der Waals surface area contributed by atoms with Gasteiger partial charge in [0.05, 0.1) is 174 Å². The van der Waals surface area contributed by atoms with E-state index in [1.807, 2.05) is 0 Å². The van der Waals surface area contributed by atoms with E-state index < -0.39 is 89.4 Å². The molecule has 2 aliphatic heterocycles. The Morgan fingerprint density at radius 2 is 1.25 bits per heavy atom. The van der Waals surface area contributed by atoms with Crippen molar-refractivity contribution < 1.29 is 109 Å². The van der Waals surface area contributed by atoms with Crippen LogP contribution >= 0.6 is 0 Å². The van der Waals surface area contributed by atoms with E-state index in [4.69, 9.17) is 77.0 Å². The lowest BCUT2D eigenvalue weighted by Gasteiger charge is -2.31. The molecule has 0 saturated heterocycles. The molecule has 9 N–H and O–H groups in total. The fourth-order valence-corrected chi connectivity index (χ4v) is 11.9. The van der Waals surface area contributed by atoms with Crippen LogP contribution in [-0.2, 0) is 127 Å². The van der Waals surface area contributed by atoms with Gasteiger partial charge < -0.3 is 114 Å². The maximum absolute atomic E-state index is 15.5. The molecule has 4 aromatic rings. The molecular weight excluding hydrogens is 1390 g/mol. The summed E-state index contributed by atoms with van der Waals surface area (Å²) in [4.78, 5) is 113. The third-order valence-electron chi connectivity index (χ3n) is 17.7. The van der Waals surface area contributed by atoms with E-state index in [2.05, 4.69) is 31.9 Å². The third kappa shape index (κ3) is 26.3. The third-order valence-corrected chi connectivity index (χ3v) is 17.7. The molecule has 588 valence electrons. The first-order valence-electron chi connectivity index (χ1n) is 36.2. The van der Waals surface area contributed by atoms with Crippen LogP contribution in [0.5, 0.6) is 0 Å². The largest absolute Gasteiger partial charge is 0.458 e. The number of ether oxygens (including phenoxy) is 14. The van der Waals surface area contributed by atoms with E-state index in [1.54, 1.807) is 65.1 Å². The highest BCUT2D eigenvalue weighted by Crippen LogP contribution is 2.46. The molecule has 7 rings (SSSR count). The molecule has 0 radical (unpaired) electrons. The number of alkyl carbamates (subject to hydrolysis) is 1. The molecule has 0 bridgehead atoms. The molecular formula is C73H106FN9O23. The van der Waals surface area contributed by atoms with Crippen molar-refractivity contribution in [2.24, 2.45) is 11.7 Å². The Morgan fingerprint density at radius 3 is 1.80 bits per heavy atom. The first kappa shape index (κ1) is 85.5. The highest BCUT2D eigenvalue weighted by molar-refractivity contribution is 5.99. The monoisotopic (exact) mass is 1500 g/mol. The van der Waals surface area contributed by atoms with Crippen LogP contribution in [0.25, 0.3) is 22.3 Å². The lowest BCUT2D eigenvalue weighted by Crippen LogP contribution is -2.57. The average molecular weight is 1500 g/mol. The van der Waals surface area contributed by atoms with Crippen molar-refractivity contribution in [2.45, 2.75) is 123 Å². The van der Waals surface area contributed by atoms with Crippen LogP contribution in [-0.4, -0.2) is 247 Å².